The van der Waals surface area contributed by atoms with Gasteiger partial charge in [0.1, 0.15) is 11.8 Å². The van der Waals surface area contributed by atoms with Gasteiger partial charge < -0.3 is 25.4 Å². The Hall–Kier alpha value is -2.46. The van der Waals surface area contributed by atoms with Crippen LogP contribution in [0.3, 0.4) is 0 Å². The van der Waals surface area contributed by atoms with Crippen LogP contribution in [0.25, 0.3) is 0 Å². The second-order valence-electron chi connectivity index (χ2n) is 10.1. The minimum atomic E-state index is -0.509. The topological polar surface area (TPSA) is 97.1 Å². The third-order valence-electron chi connectivity index (χ3n) is 7.63. The first-order valence-electron chi connectivity index (χ1n) is 13.2. The fraction of sp³-hybridized carbons (Fsp3) is 0.571. The fourth-order valence-corrected chi connectivity index (χ4v) is 6.12. The first-order valence-corrected chi connectivity index (χ1v) is 14.1. The molecule has 2 aromatic rings. The molecule has 1 unspecified atom stereocenters. The van der Waals surface area contributed by atoms with Gasteiger partial charge in [0, 0.05) is 44.9 Å². The number of rotatable bonds is 10. The van der Waals surface area contributed by atoms with E-state index in [-0.39, 0.29) is 29.9 Å². The molecule has 3 N–H and O–H groups in total. The van der Waals surface area contributed by atoms with E-state index in [0.717, 1.165) is 50.9 Å². The number of piperidine rings is 1. The summed E-state index contributed by atoms with van der Waals surface area (Å²) in [5.74, 6) is 0.720. The van der Waals surface area contributed by atoms with Crippen LogP contribution in [-0.2, 0) is 16.1 Å². The molecule has 2 aliphatic rings. The van der Waals surface area contributed by atoms with Crippen molar-refractivity contribution in [3.63, 3.8) is 0 Å². The number of thiophene rings is 1. The molecule has 2 fully saturated rings. The molecule has 2 amide bonds. The molecule has 37 heavy (non-hydrogen) atoms. The van der Waals surface area contributed by atoms with E-state index in [1.165, 1.54) is 16.9 Å². The number of carbonyl (C=O) groups is 2. The molecule has 1 saturated carbocycles. The van der Waals surface area contributed by atoms with Gasteiger partial charge in [-0.3, -0.25) is 14.5 Å². The first-order chi connectivity index (χ1) is 18.0. The minimum absolute atomic E-state index is 0.0498. The van der Waals surface area contributed by atoms with Crippen molar-refractivity contribution in [1.29, 1.82) is 0 Å². The Balaban J connectivity index is 1.51. The van der Waals surface area contributed by atoms with E-state index in [2.05, 4.69) is 22.3 Å². The van der Waals surface area contributed by atoms with E-state index in [1.807, 2.05) is 29.6 Å². The van der Waals surface area contributed by atoms with E-state index in [4.69, 9.17) is 15.2 Å². The fourth-order valence-electron chi connectivity index (χ4n) is 5.44. The molecule has 1 aliphatic heterocycles. The van der Waals surface area contributed by atoms with Gasteiger partial charge in [-0.2, -0.15) is 0 Å². The van der Waals surface area contributed by atoms with Crippen LogP contribution in [0.5, 0.6) is 5.75 Å². The molecule has 1 aliphatic carbocycles. The third kappa shape index (κ3) is 7.31. The van der Waals surface area contributed by atoms with Gasteiger partial charge in [-0.05, 0) is 67.7 Å². The van der Waals surface area contributed by atoms with Gasteiger partial charge in [0.2, 0.25) is 5.91 Å². The van der Waals surface area contributed by atoms with Gasteiger partial charge in [-0.15, -0.1) is 11.3 Å². The monoisotopic (exact) mass is 528 g/mol. The zero-order valence-corrected chi connectivity index (χ0v) is 22.8. The van der Waals surface area contributed by atoms with Crippen molar-refractivity contribution in [1.82, 2.24) is 15.1 Å². The average Bonchev–Trinajstić information content (AvgIpc) is 3.47. The molecule has 0 radical (unpaired) electrons. The highest BCUT2D eigenvalue weighted by Gasteiger charge is 2.39. The summed E-state index contributed by atoms with van der Waals surface area (Å²) in [5, 5.41) is 5.17. The van der Waals surface area contributed by atoms with Crippen molar-refractivity contribution in [2.24, 2.45) is 5.73 Å². The summed E-state index contributed by atoms with van der Waals surface area (Å²) < 4.78 is 10.7. The van der Waals surface area contributed by atoms with E-state index in [1.54, 1.807) is 19.1 Å². The number of nitrogens with zero attached hydrogens (tertiary/aromatic N) is 2. The van der Waals surface area contributed by atoms with Gasteiger partial charge >= 0.3 is 0 Å². The highest BCUT2D eigenvalue weighted by molar-refractivity contribution is 7.12. The molecular weight excluding hydrogens is 488 g/mol. The maximum absolute atomic E-state index is 13.7. The summed E-state index contributed by atoms with van der Waals surface area (Å²) in [6, 6.07) is 11.8. The van der Waals surface area contributed by atoms with Crippen LogP contribution in [0.1, 0.15) is 53.8 Å². The number of nitrogens with two attached hydrogens (primary N) is 1. The van der Waals surface area contributed by atoms with E-state index >= 15 is 0 Å². The summed E-state index contributed by atoms with van der Waals surface area (Å²) in [6.07, 6.45) is 5.01. The zero-order valence-electron chi connectivity index (χ0n) is 21.9. The van der Waals surface area contributed by atoms with Crippen molar-refractivity contribution >= 4 is 23.2 Å². The van der Waals surface area contributed by atoms with Crippen molar-refractivity contribution in [3.8, 4) is 5.75 Å². The smallest absolute Gasteiger partial charge is 0.264 e. The Morgan fingerprint density at radius 1 is 1.11 bits per heavy atom. The molecule has 202 valence electrons. The number of carbonyl (C=O) groups excluding carboxylic acids is 2. The lowest BCUT2D eigenvalue weighted by atomic mass is 9.90. The Labute approximate surface area is 224 Å². The summed E-state index contributed by atoms with van der Waals surface area (Å²) in [5.41, 5.74) is 7.24. The molecule has 2 heterocycles. The highest BCUT2D eigenvalue weighted by atomic mass is 32.1. The summed E-state index contributed by atoms with van der Waals surface area (Å²) in [4.78, 5) is 31.9. The first kappa shape index (κ1) is 27.6. The van der Waals surface area contributed by atoms with Crippen LogP contribution < -0.4 is 15.8 Å². The quantitative estimate of drug-likeness (QED) is 0.491. The van der Waals surface area contributed by atoms with Crippen LogP contribution >= 0.6 is 11.3 Å². The van der Waals surface area contributed by atoms with Crippen LogP contribution in [0.2, 0.25) is 0 Å². The van der Waals surface area contributed by atoms with Gasteiger partial charge in [0.25, 0.3) is 5.91 Å². The predicted octanol–water partition coefficient (Wildman–Crippen LogP) is 3.26. The number of nitrogens with one attached hydrogen (secondary N) is 1. The second-order valence-corrected chi connectivity index (χ2v) is 11.0. The summed E-state index contributed by atoms with van der Waals surface area (Å²) in [7, 11) is 3.37. The van der Waals surface area contributed by atoms with Gasteiger partial charge in [-0.1, -0.05) is 18.2 Å². The van der Waals surface area contributed by atoms with Crippen molar-refractivity contribution in [3.05, 3.63) is 52.2 Å². The van der Waals surface area contributed by atoms with E-state index < -0.39 is 6.04 Å². The van der Waals surface area contributed by atoms with E-state index in [0.29, 0.717) is 24.4 Å². The zero-order chi connectivity index (χ0) is 26.2. The molecule has 1 aromatic carbocycles. The number of ether oxygens (including phenoxy) is 2. The molecular formula is C28H40N4O4S. The highest BCUT2D eigenvalue weighted by Crippen LogP contribution is 2.28. The Bertz CT molecular complexity index is 992. The lowest BCUT2D eigenvalue weighted by molar-refractivity contribution is -0.128. The summed E-state index contributed by atoms with van der Waals surface area (Å²) in [6.45, 7) is 2.64. The number of hydrogen-bond donors (Lipinski definition) is 2. The van der Waals surface area contributed by atoms with Gasteiger partial charge in [0.15, 0.2) is 0 Å². The normalized spacial score (nSPS) is 24.2. The number of likely N-dealkylation sites (tertiary alicyclic amines) is 1. The third-order valence-corrected chi connectivity index (χ3v) is 8.49. The Morgan fingerprint density at radius 3 is 2.51 bits per heavy atom. The van der Waals surface area contributed by atoms with Gasteiger partial charge in [-0.25, -0.2) is 0 Å². The van der Waals surface area contributed by atoms with Crippen LogP contribution in [0.4, 0.5) is 0 Å². The molecule has 1 aromatic heterocycles. The SMILES string of the molecule is COCCN(Cc1ccc(OC)cc1)C1CCN(C(=O)c2cccs2)[C@@H](C(=O)NC2CCC(N)CC2)C1. The molecule has 9 heteroatoms. The number of amides is 2. The largest absolute Gasteiger partial charge is 0.497 e. The maximum Gasteiger partial charge on any atom is 0.264 e. The van der Waals surface area contributed by atoms with Crippen molar-refractivity contribution < 1.29 is 19.1 Å². The van der Waals surface area contributed by atoms with Crippen molar-refractivity contribution in [2.75, 3.05) is 33.9 Å². The second kappa shape index (κ2) is 13.4. The molecule has 0 spiro atoms. The average molecular weight is 529 g/mol. The van der Waals surface area contributed by atoms with Gasteiger partial charge in [0.05, 0.1) is 18.6 Å². The number of methoxy groups -OCH3 is 2. The van der Waals surface area contributed by atoms with E-state index in [9.17, 15) is 9.59 Å². The maximum atomic E-state index is 13.7. The van der Waals surface area contributed by atoms with Crippen molar-refractivity contribution in [2.45, 2.75) is 69.2 Å². The number of hydrogen-bond acceptors (Lipinski definition) is 7. The van der Waals surface area contributed by atoms with Crippen LogP contribution in [0, 0.1) is 0 Å². The van der Waals surface area contributed by atoms with Crippen LogP contribution in [0.15, 0.2) is 41.8 Å². The Morgan fingerprint density at radius 2 is 1.86 bits per heavy atom. The predicted molar refractivity (Wildman–Crippen MR) is 146 cm³/mol. The molecule has 8 nitrogen and oxygen atoms in total. The Kier molecular flexibility index (Phi) is 9.96. The molecule has 2 atom stereocenters. The lowest BCUT2D eigenvalue weighted by Gasteiger charge is -2.43. The van der Waals surface area contributed by atoms with Crippen LogP contribution in [-0.4, -0.2) is 79.7 Å². The lowest BCUT2D eigenvalue weighted by Crippen LogP contribution is -2.58. The summed E-state index contributed by atoms with van der Waals surface area (Å²) >= 11 is 1.42. The molecule has 4 rings (SSSR count). The minimum Gasteiger partial charge on any atom is -0.497 e. The number of benzene rings is 1. The molecule has 1 saturated heterocycles. The molecule has 0 bridgehead atoms. The standard InChI is InChI=1S/C28H40N4O4S/c1-35-16-15-31(19-20-5-11-24(36-2)12-6-20)23-13-14-32(28(34)26-4-3-17-37-26)25(18-23)27(33)30-22-9-7-21(29)8-10-22/h3-6,11-12,17,21-23,25H,7-10,13-16,18-19,29H2,1-2H3,(H,30,33)/t21?,22?,23?,25-/m1/s1.